The Bertz CT molecular complexity index is 1760. The number of carbonyl (C=O) groups is 3. The number of aliphatic hydroxyl groups is 1. The number of ketones is 1. The van der Waals surface area contributed by atoms with E-state index in [1.165, 1.54) is 36.2 Å². The third-order valence-electron chi connectivity index (χ3n) is 10.6. The van der Waals surface area contributed by atoms with E-state index in [0.29, 0.717) is 42.6 Å². The van der Waals surface area contributed by atoms with Gasteiger partial charge in [0.15, 0.2) is 11.4 Å². The molecule has 4 atom stereocenters. The van der Waals surface area contributed by atoms with Gasteiger partial charge < -0.3 is 19.6 Å². The number of benzene rings is 2. The highest BCUT2D eigenvalue weighted by Crippen LogP contribution is 2.47. The van der Waals surface area contributed by atoms with E-state index in [1.54, 1.807) is 31.3 Å². The predicted octanol–water partition coefficient (Wildman–Crippen LogP) is 3.33. The third kappa shape index (κ3) is 6.47. The van der Waals surface area contributed by atoms with Crippen LogP contribution in [0.15, 0.2) is 48.6 Å². The van der Waals surface area contributed by atoms with E-state index < -0.39 is 39.5 Å². The largest absolute Gasteiger partial charge is 0.490 e. The van der Waals surface area contributed by atoms with Crippen LogP contribution in [0, 0.1) is 11.8 Å². The van der Waals surface area contributed by atoms with Gasteiger partial charge >= 0.3 is 10.2 Å². The zero-order valence-corrected chi connectivity index (χ0v) is 29.1. The number of aryl methyl sites for hydroxylation is 1. The summed E-state index contributed by atoms with van der Waals surface area (Å²) >= 11 is 6.40. The van der Waals surface area contributed by atoms with E-state index in [4.69, 9.17) is 16.3 Å². The topological polar surface area (TPSA) is 137 Å². The van der Waals surface area contributed by atoms with Crippen LogP contribution in [0.2, 0.25) is 5.02 Å². The molecule has 4 aliphatic rings. The van der Waals surface area contributed by atoms with Crippen LogP contribution < -0.4 is 14.4 Å². The first-order chi connectivity index (χ1) is 22.7. The second kappa shape index (κ2) is 13.1. The third-order valence-corrected chi connectivity index (χ3v) is 12.2. The molecule has 2 aromatic rings. The number of hydrogen-bond acceptors (Lipinski definition) is 8. The quantitative estimate of drug-likeness (QED) is 0.499. The van der Waals surface area contributed by atoms with Crippen molar-refractivity contribution < 1.29 is 32.6 Å². The molecular weight excluding hydrogens is 656 g/mol. The predicted molar refractivity (Wildman–Crippen MR) is 182 cm³/mol. The number of halogens is 1. The zero-order valence-electron chi connectivity index (χ0n) is 27.6. The summed E-state index contributed by atoms with van der Waals surface area (Å²) < 4.78 is 34.8. The summed E-state index contributed by atoms with van der Waals surface area (Å²) in [6.07, 6.45) is 7.44. The second-order valence-corrected chi connectivity index (χ2v) is 16.2. The number of hydrogen-bond donors (Lipinski definition) is 2. The molecule has 2 N–H and O–H groups in total. The minimum Gasteiger partial charge on any atom is -0.490 e. The van der Waals surface area contributed by atoms with Crippen LogP contribution in [0.4, 0.5) is 5.69 Å². The highest BCUT2D eigenvalue weighted by molar-refractivity contribution is 7.87. The molecule has 2 aliphatic carbocycles. The van der Waals surface area contributed by atoms with Crippen LogP contribution in [0.5, 0.6) is 5.75 Å². The molecule has 2 bridgehead atoms. The molecule has 6 rings (SSSR count). The van der Waals surface area contributed by atoms with E-state index in [0.717, 1.165) is 36.4 Å². The Hall–Kier alpha value is -3.45. The number of ether oxygens (including phenoxy) is 1. The summed E-state index contributed by atoms with van der Waals surface area (Å²) in [5.41, 5.74) is 0.0801. The van der Waals surface area contributed by atoms with Crippen molar-refractivity contribution in [1.82, 2.24) is 13.9 Å². The highest BCUT2D eigenvalue weighted by Gasteiger charge is 2.47. The number of allylic oxidation sites excluding steroid dienone is 1. The lowest BCUT2D eigenvalue weighted by molar-refractivity contribution is -0.148. The Morgan fingerprint density at radius 2 is 1.94 bits per heavy atom. The van der Waals surface area contributed by atoms with Crippen LogP contribution in [0.25, 0.3) is 0 Å². The molecule has 1 spiro atoms. The molecule has 2 aromatic carbocycles. The Kier molecular flexibility index (Phi) is 9.40. The van der Waals surface area contributed by atoms with Gasteiger partial charge in [-0.05, 0) is 91.5 Å². The maximum absolute atomic E-state index is 13.8. The number of fused-ring (bicyclic) bond motifs is 4. The Balaban J connectivity index is 1.48. The van der Waals surface area contributed by atoms with E-state index in [-0.39, 0.29) is 29.7 Å². The van der Waals surface area contributed by atoms with Crippen LogP contribution in [0.1, 0.15) is 55.2 Å². The maximum atomic E-state index is 13.8. The maximum Gasteiger partial charge on any atom is 0.303 e. The van der Waals surface area contributed by atoms with Crippen molar-refractivity contribution in [2.75, 3.05) is 52.3 Å². The van der Waals surface area contributed by atoms with Crippen molar-refractivity contribution in [3.63, 3.8) is 0 Å². The van der Waals surface area contributed by atoms with Crippen LogP contribution >= 0.6 is 11.6 Å². The molecule has 48 heavy (non-hydrogen) atoms. The standard InChI is InChI=1S/C35H43ClN4O7S/c1-38(2)48(45,46)37-33(43)35(44)19-32(42)39(3)16-5-4-8-30(41)27-12-9-24(27)20-40-21-34(22-47-31-14-10-25(35)18-29(31)40)15-6-7-23-17-26(36)11-13-28(23)34/h4,8,10-11,13-14,17-18,24,27,44H,5-7,9,12,15-16,19-22H2,1-3H3,(H,37,43)/b8-4+/t24-,27+,34-,35+/m0/s1. The molecule has 13 heteroatoms. The zero-order chi connectivity index (χ0) is 34.4. The molecule has 2 heterocycles. The van der Waals surface area contributed by atoms with E-state index in [9.17, 15) is 27.9 Å². The fourth-order valence-electron chi connectivity index (χ4n) is 7.49. The Labute approximate surface area is 287 Å². The van der Waals surface area contributed by atoms with Gasteiger partial charge in [0.25, 0.3) is 5.91 Å². The average Bonchev–Trinajstić information content (AvgIpc) is 3.17. The average molecular weight is 699 g/mol. The molecule has 2 amide bonds. The number of amides is 2. The van der Waals surface area contributed by atoms with Crippen molar-refractivity contribution >= 4 is 45.1 Å². The molecule has 11 nitrogen and oxygen atoms in total. The monoisotopic (exact) mass is 698 g/mol. The second-order valence-electron chi connectivity index (χ2n) is 13.9. The molecule has 0 aromatic heterocycles. The van der Waals surface area contributed by atoms with Gasteiger partial charge in [0.1, 0.15) is 5.75 Å². The summed E-state index contributed by atoms with van der Waals surface area (Å²) in [6, 6.07) is 10.8. The number of nitrogens with one attached hydrogen (secondary N) is 1. The van der Waals surface area contributed by atoms with Gasteiger partial charge in [-0.1, -0.05) is 29.8 Å². The number of rotatable bonds is 3. The lowest BCUT2D eigenvalue weighted by atomic mass is 9.68. The summed E-state index contributed by atoms with van der Waals surface area (Å²) in [4.78, 5) is 44.1. The molecular formula is C35H43ClN4O7S. The van der Waals surface area contributed by atoms with Gasteiger partial charge in [0, 0.05) is 57.1 Å². The van der Waals surface area contributed by atoms with Gasteiger partial charge in [-0.25, -0.2) is 4.72 Å². The number of nitrogens with zero attached hydrogens (tertiary/aromatic N) is 3. The minimum atomic E-state index is -4.30. The van der Waals surface area contributed by atoms with Gasteiger partial charge in [0.2, 0.25) is 5.91 Å². The molecule has 2 aliphatic heterocycles. The minimum absolute atomic E-state index is 0.0584. The lowest BCUT2D eigenvalue weighted by Gasteiger charge is -2.44. The van der Waals surface area contributed by atoms with Crippen molar-refractivity contribution in [1.29, 1.82) is 0 Å². The van der Waals surface area contributed by atoms with Gasteiger partial charge in [-0.3, -0.25) is 14.4 Å². The number of carbonyl (C=O) groups excluding carboxylic acids is 3. The first kappa shape index (κ1) is 34.4. The fourth-order valence-corrected chi connectivity index (χ4v) is 8.27. The van der Waals surface area contributed by atoms with Crippen LogP contribution in [0.3, 0.4) is 0 Å². The normalized spacial score (nSPS) is 28.5. The fraction of sp³-hybridized carbons (Fsp3) is 0.514. The van der Waals surface area contributed by atoms with E-state index >= 15 is 0 Å². The van der Waals surface area contributed by atoms with Gasteiger partial charge in [-0.2, -0.15) is 12.7 Å². The van der Waals surface area contributed by atoms with Crippen molar-refractivity contribution in [3.8, 4) is 5.75 Å². The molecule has 258 valence electrons. The molecule has 0 radical (unpaired) electrons. The highest BCUT2D eigenvalue weighted by atomic mass is 35.5. The van der Waals surface area contributed by atoms with Gasteiger partial charge in [0.05, 0.1) is 18.7 Å². The SMILES string of the molecule is CN1CC/C=C/C(=O)[C@@H]2CC[C@H]2CN2C[C@@]3(CCCc4cc(Cl)ccc43)COc3ccc(cc32)[C@@](O)(C(=O)NS(=O)(=O)N(C)C)CC1=O. The molecule has 0 saturated heterocycles. The molecule has 1 saturated carbocycles. The van der Waals surface area contributed by atoms with E-state index in [1.807, 2.05) is 16.9 Å². The summed E-state index contributed by atoms with van der Waals surface area (Å²) in [5, 5.41) is 12.8. The van der Waals surface area contributed by atoms with E-state index in [2.05, 4.69) is 11.0 Å². The molecule has 1 fully saturated rings. The number of anilines is 1. The van der Waals surface area contributed by atoms with Crippen molar-refractivity contribution in [3.05, 3.63) is 70.3 Å². The van der Waals surface area contributed by atoms with Gasteiger partial charge in [-0.15, -0.1) is 0 Å². The van der Waals surface area contributed by atoms with Crippen molar-refractivity contribution in [2.24, 2.45) is 11.8 Å². The summed E-state index contributed by atoms with van der Waals surface area (Å²) in [6.45, 7) is 1.71. The first-order valence-electron chi connectivity index (χ1n) is 16.4. The summed E-state index contributed by atoms with van der Waals surface area (Å²) in [5.74, 6) is -1.26. The first-order valence-corrected chi connectivity index (χ1v) is 18.3. The Morgan fingerprint density at radius 3 is 2.67 bits per heavy atom. The summed E-state index contributed by atoms with van der Waals surface area (Å²) in [7, 11) is -0.237. The van der Waals surface area contributed by atoms with Crippen molar-refractivity contribution in [2.45, 2.75) is 56.0 Å². The van der Waals surface area contributed by atoms with Crippen LogP contribution in [-0.4, -0.2) is 87.7 Å². The van der Waals surface area contributed by atoms with Crippen LogP contribution in [-0.2, 0) is 42.0 Å². The Morgan fingerprint density at radius 1 is 1.15 bits per heavy atom. The molecule has 0 unspecified atom stereocenters. The smallest absolute Gasteiger partial charge is 0.303 e. The lowest BCUT2D eigenvalue weighted by Crippen LogP contribution is -2.52.